The zero-order chi connectivity index (χ0) is 26.7. The van der Waals surface area contributed by atoms with Crippen molar-refractivity contribution in [2.45, 2.75) is 39.5 Å². The molecule has 0 saturated carbocycles. The van der Waals surface area contributed by atoms with Crippen LogP contribution in [0.5, 0.6) is 0 Å². The molecule has 37 heavy (non-hydrogen) atoms. The third-order valence-corrected chi connectivity index (χ3v) is 7.19. The Morgan fingerprint density at radius 1 is 1.00 bits per heavy atom. The van der Waals surface area contributed by atoms with E-state index in [1.165, 1.54) is 0 Å². The van der Waals surface area contributed by atoms with Gasteiger partial charge in [-0.3, -0.25) is 14.4 Å². The molecule has 3 aromatic carbocycles. The lowest BCUT2D eigenvalue weighted by Gasteiger charge is -2.36. The molecule has 0 aromatic heterocycles. The monoisotopic (exact) mass is 518 g/mol. The minimum Gasteiger partial charge on any atom is -0.481 e. The van der Waals surface area contributed by atoms with Gasteiger partial charge in [0, 0.05) is 35.1 Å². The highest BCUT2D eigenvalue weighted by Gasteiger charge is 2.35. The molecule has 0 radical (unpaired) electrons. The van der Waals surface area contributed by atoms with Gasteiger partial charge in [-0.15, -0.1) is 0 Å². The second-order valence-electron chi connectivity index (χ2n) is 9.98. The van der Waals surface area contributed by atoms with Crippen LogP contribution in [0.15, 0.2) is 72.8 Å². The summed E-state index contributed by atoms with van der Waals surface area (Å²) in [6, 6.07) is 21.9. The van der Waals surface area contributed by atoms with Crippen LogP contribution in [0.1, 0.15) is 54.6 Å². The van der Waals surface area contributed by atoms with E-state index in [1.807, 2.05) is 55.5 Å². The summed E-state index contributed by atoms with van der Waals surface area (Å²) >= 11 is 6.04. The molecule has 192 valence electrons. The van der Waals surface area contributed by atoms with E-state index in [9.17, 15) is 19.5 Å². The number of amides is 2. The Balaban J connectivity index is 1.57. The topological polar surface area (TPSA) is 77.9 Å². The number of rotatable bonds is 7. The van der Waals surface area contributed by atoms with Gasteiger partial charge >= 0.3 is 5.97 Å². The zero-order valence-electron chi connectivity index (χ0n) is 21.3. The van der Waals surface area contributed by atoms with Crippen LogP contribution in [-0.4, -0.2) is 36.0 Å². The molecule has 4 rings (SSSR count). The van der Waals surface area contributed by atoms with E-state index in [4.69, 9.17) is 11.6 Å². The highest BCUT2D eigenvalue weighted by Crippen LogP contribution is 2.38. The number of carbonyl (C=O) groups excluding carboxylic acids is 2. The molecule has 1 aliphatic rings. The number of para-hydroxylation sites is 1. The van der Waals surface area contributed by atoms with Crippen molar-refractivity contribution in [2.75, 3.05) is 22.9 Å². The quantitative estimate of drug-likeness (QED) is 0.405. The zero-order valence-corrected chi connectivity index (χ0v) is 22.0. The van der Waals surface area contributed by atoms with Crippen molar-refractivity contribution in [1.29, 1.82) is 0 Å². The van der Waals surface area contributed by atoms with Crippen molar-refractivity contribution in [3.05, 3.63) is 94.5 Å². The van der Waals surface area contributed by atoms with Crippen LogP contribution in [0.2, 0.25) is 5.02 Å². The number of hydrogen-bond donors (Lipinski definition) is 1. The van der Waals surface area contributed by atoms with Gasteiger partial charge in [0.1, 0.15) is 0 Å². The van der Waals surface area contributed by atoms with Gasteiger partial charge in [-0.25, -0.2) is 0 Å². The van der Waals surface area contributed by atoms with Gasteiger partial charge in [0.25, 0.3) is 5.91 Å². The van der Waals surface area contributed by atoms with Crippen LogP contribution in [0.25, 0.3) is 0 Å². The van der Waals surface area contributed by atoms with Gasteiger partial charge in [-0.2, -0.15) is 0 Å². The number of likely N-dealkylation sites (N-methyl/N-ethyl adjacent to an activating group) is 1. The Morgan fingerprint density at radius 2 is 1.65 bits per heavy atom. The fourth-order valence-corrected chi connectivity index (χ4v) is 4.94. The van der Waals surface area contributed by atoms with Crippen LogP contribution < -0.4 is 9.80 Å². The first-order valence-corrected chi connectivity index (χ1v) is 12.8. The standard InChI is InChI=1S/C30H31ClN2O4/c1-4-32(23-15-13-22(31)14-16-23)28(35)25-17-18-33(26-8-6-5-7-24(25)26)27(34)21-11-9-20(10-12-21)19-30(2,3)29(36)37/h5-16,25H,4,17-19H2,1-3H3,(H,36,37)/t25-/m0/s1. The van der Waals surface area contributed by atoms with Gasteiger partial charge in [0.2, 0.25) is 5.91 Å². The highest BCUT2D eigenvalue weighted by molar-refractivity contribution is 6.30. The maximum absolute atomic E-state index is 13.7. The average molecular weight is 519 g/mol. The Hall–Kier alpha value is -3.64. The summed E-state index contributed by atoms with van der Waals surface area (Å²) in [5.74, 6) is -1.38. The second-order valence-corrected chi connectivity index (χ2v) is 10.4. The van der Waals surface area contributed by atoms with Crippen molar-refractivity contribution in [1.82, 2.24) is 0 Å². The van der Waals surface area contributed by atoms with Gasteiger partial charge < -0.3 is 14.9 Å². The first kappa shape index (κ1) is 26.4. The maximum Gasteiger partial charge on any atom is 0.309 e. The third kappa shape index (κ3) is 5.54. The smallest absolute Gasteiger partial charge is 0.309 e. The number of aliphatic carboxylic acids is 1. The third-order valence-electron chi connectivity index (χ3n) is 6.93. The van der Waals surface area contributed by atoms with E-state index in [0.717, 1.165) is 22.5 Å². The van der Waals surface area contributed by atoms with E-state index in [0.29, 0.717) is 36.5 Å². The van der Waals surface area contributed by atoms with Crippen LogP contribution in [0.3, 0.4) is 0 Å². The molecule has 1 atom stereocenters. The second kappa shape index (κ2) is 10.8. The minimum atomic E-state index is -0.892. The first-order chi connectivity index (χ1) is 17.6. The fraction of sp³-hybridized carbons (Fsp3) is 0.300. The van der Waals surface area contributed by atoms with Crippen molar-refractivity contribution in [3.8, 4) is 0 Å². The number of fused-ring (bicyclic) bond motifs is 1. The number of hydrogen-bond acceptors (Lipinski definition) is 3. The molecular formula is C30H31ClN2O4. The van der Waals surface area contributed by atoms with Gasteiger partial charge in [-0.05, 0) is 87.2 Å². The highest BCUT2D eigenvalue weighted by atomic mass is 35.5. The number of carbonyl (C=O) groups is 3. The summed E-state index contributed by atoms with van der Waals surface area (Å²) in [6.07, 6.45) is 0.880. The Kier molecular flexibility index (Phi) is 7.69. The number of carboxylic acid groups (broad SMARTS) is 1. The summed E-state index contributed by atoms with van der Waals surface area (Å²) < 4.78 is 0. The van der Waals surface area contributed by atoms with E-state index < -0.39 is 11.4 Å². The van der Waals surface area contributed by atoms with E-state index >= 15 is 0 Å². The molecule has 0 spiro atoms. The molecule has 1 heterocycles. The average Bonchev–Trinajstić information content (AvgIpc) is 2.89. The molecule has 3 aromatic rings. The lowest BCUT2D eigenvalue weighted by atomic mass is 9.85. The SMILES string of the molecule is CCN(C(=O)[C@H]1CCN(C(=O)c2ccc(CC(C)(C)C(=O)O)cc2)c2ccccc21)c1ccc(Cl)cc1. The first-order valence-electron chi connectivity index (χ1n) is 12.4. The van der Waals surface area contributed by atoms with Crippen LogP contribution in [-0.2, 0) is 16.0 Å². The Labute approximate surface area is 222 Å². The van der Waals surface area contributed by atoms with Gasteiger partial charge in [0.05, 0.1) is 11.3 Å². The Morgan fingerprint density at radius 3 is 2.27 bits per heavy atom. The molecule has 0 bridgehead atoms. The van der Waals surface area contributed by atoms with Crippen molar-refractivity contribution < 1.29 is 19.5 Å². The number of anilines is 2. The van der Waals surface area contributed by atoms with Crippen molar-refractivity contribution >= 4 is 40.8 Å². The molecule has 0 aliphatic carbocycles. The molecular weight excluding hydrogens is 488 g/mol. The number of carboxylic acids is 1. The minimum absolute atomic E-state index is 0.00484. The predicted molar refractivity (Wildman–Crippen MR) is 147 cm³/mol. The molecule has 1 N–H and O–H groups in total. The molecule has 0 saturated heterocycles. The van der Waals surface area contributed by atoms with Crippen molar-refractivity contribution in [2.24, 2.45) is 5.41 Å². The maximum atomic E-state index is 13.7. The van der Waals surface area contributed by atoms with E-state index in [2.05, 4.69) is 0 Å². The summed E-state index contributed by atoms with van der Waals surface area (Å²) in [7, 11) is 0. The molecule has 7 heteroatoms. The predicted octanol–water partition coefficient (Wildman–Crippen LogP) is 6.18. The molecule has 6 nitrogen and oxygen atoms in total. The molecule has 0 fully saturated rings. The van der Waals surface area contributed by atoms with Crippen molar-refractivity contribution in [3.63, 3.8) is 0 Å². The van der Waals surface area contributed by atoms with Crippen LogP contribution >= 0.6 is 11.6 Å². The van der Waals surface area contributed by atoms with Crippen LogP contribution in [0.4, 0.5) is 11.4 Å². The number of nitrogens with zero attached hydrogens (tertiary/aromatic N) is 2. The fourth-order valence-electron chi connectivity index (χ4n) is 4.81. The summed E-state index contributed by atoms with van der Waals surface area (Å²) in [4.78, 5) is 42.1. The summed E-state index contributed by atoms with van der Waals surface area (Å²) in [6.45, 7) is 6.25. The lowest BCUT2D eigenvalue weighted by Crippen LogP contribution is -2.42. The summed E-state index contributed by atoms with van der Waals surface area (Å²) in [5, 5.41) is 10.0. The molecule has 2 amide bonds. The Bertz CT molecular complexity index is 1300. The number of benzene rings is 3. The van der Waals surface area contributed by atoms with E-state index in [-0.39, 0.29) is 17.7 Å². The number of halogens is 1. The lowest BCUT2D eigenvalue weighted by molar-refractivity contribution is -0.146. The molecule has 1 aliphatic heterocycles. The van der Waals surface area contributed by atoms with Crippen LogP contribution in [0, 0.1) is 5.41 Å². The normalized spacial score (nSPS) is 15.1. The van der Waals surface area contributed by atoms with E-state index in [1.54, 1.807) is 47.9 Å². The summed E-state index contributed by atoms with van der Waals surface area (Å²) in [5.41, 5.74) is 2.85. The molecule has 0 unspecified atom stereocenters. The van der Waals surface area contributed by atoms with Gasteiger partial charge in [0.15, 0.2) is 0 Å². The largest absolute Gasteiger partial charge is 0.481 e. The van der Waals surface area contributed by atoms with Gasteiger partial charge in [-0.1, -0.05) is 41.9 Å².